The summed E-state index contributed by atoms with van der Waals surface area (Å²) < 4.78 is 5.37. The van der Waals surface area contributed by atoms with Crippen LogP contribution < -0.4 is 0 Å². The van der Waals surface area contributed by atoms with Gasteiger partial charge in [-0.05, 0) is 18.3 Å². The second-order valence-corrected chi connectivity index (χ2v) is 5.05. The molecule has 1 saturated carbocycles. The van der Waals surface area contributed by atoms with Crippen LogP contribution in [0, 0.1) is 5.41 Å². The molecule has 1 N–H and O–H groups in total. The van der Waals surface area contributed by atoms with Crippen molar-refractivity contribution in [3.8, 4) is 0 Å². The summed E-state index contributed by atoms with van der Waals surface area (Å²) in [5.74, 6) is 0. The maximum absolute atomic E-state index is 9.23. The Kier molecular flexibility index (Phi) is 3.10. The lowest BCUT2D eigenvalue weighted by Gasteiger charge is -2.45. The molecule has 2 rings (SSSR count). The van der Waals surface area contributed by atoms with Crippen LogP contribution in [-0.2, 0) is 4.74 Å². The minimum absolute atomic E-state index is 0.232. The van der Waals surface area contributed by atoms with E-state index >= 15 is 0 Å². The lowest BCUT2D eigenvalue weighted by molar-refractivity contribution is -0.0535. The van der Waals surface area contributed by atoms with Gasteiger partial charge in [0.05, 0.1) is 25.9 Å². The van der Waals surface area contributed by atoms with E-state index in [0.29, 0.717) is 12.0 Å². The fraction of sp³-hybridized carbons (Fsp3) is 1.00. The molecule has 0 spiro atoms. The normalized spacial score (nSPS) is 32.6. The number of aliphatic hydroxyl groups is 1. The van der Waals surface area contributed by atoms with E-state index in [9.17, 15) is 5.11 Å². The first-order chi connectivity index (χ1) is 6.73. The van der Waals surface area contributed by atoms with Gasteiger partial charge in [0, 0.05) is 13.1 Å². The van der Waals surface area contributed by atoms with Gasteiger partial charge in [-0.2, -0.15) is 0 Å². The second kappa shape index (κ2) is 4.17. The predicted molar refractivity (Wildman–Crippen MR) is 55.2 cm³/mol. The molecule has 2 aliphatic rings. The Morgan fingerprint density at radius 3 is 2.86 bits per heavy atom. The third kappa shape index (κ3) is 2.10. The Labute approximate surface area is 86.0 Å². The van der Waals surface area contributed by atoms with Crippen molar-refractivity contribution >= 4 is 0 Å². The van der Waals surface area contributed by atoms with Gasteiger partial charge < -0.3 is 9.84 Å². The van der Waals surface area contributed by atoms with Gasteiger partial charge in [0.25, 0.3) is 0 Å². The summed E-state index contributed by atoms with van der Waals surface area (Å²) in [4.78, 5) is 2.41. The van der Waals surface area contributed by atoms with Crippen LogP contribution in [0.4, 0.5) is 0 Å². The molecule has 82 valence electrons. The van der Waals surface area contributed by atoms with Crippen LogP contribution in [0.3, 0.4) is 0 Å². The maximum atomic E-state index is 9.23. The van der Waals surface area contributed by atoms with E-state index in [1.54, 1.807) is 0 Å². The molecule has 3 nitrogen and oxygen atoms in total. The highest BCUT2D eigenvalue weighted by molar-refractivity contribution is 4.89. The highest BCUT2D eigenvalue weighted by Gasteiger charge is 2.36. The van der Waals surface area contributed by atoms with Gasteiger partial charge in [0.1, 0.15) is 0 Å². The van der Waals surface area contributed by atoms with Gasteiger partial charge >= 0.3 is 0 Å². The molecule has 1 heterocycles. The maximum Gasteiger partial charge on any atom is 0.0644 e. The minimum Gasteiger partial charge on any atom is -0.395 e. The number of hydrogen-bond donors (Lipinski definition) is 1. The van der Waals surface area contributed by atoms with Crippen molar-refractivity contribution in [3.63, 3.8) is 0 Å². The van der Waals surface area contributed by atoms with E-state index in [0.717, 1.165) is 19.7 Å². The van der Waals surface area contributed by atoms with Gasteiger partial charge in [0.15, 0.2) is 0 Å². The molecule has 0 bridgehead atoms. The van der Waals surface area contributed by atoms with Crippen LogP contribution in [0.25, 0.3) is 0 Å². The molecule has 3 heteroatoms. The Morgan fingerprint density at radius 2 is 2.29 bits per heavy atom. The topological polar surface area (TPSA) is 32.7 Å². The summed E-state index contributed by atoms with van der Waals surface area (Å²) >= 11 is 0. The molecular formula is C11H21NO2. The molecule has 0 aromatic carbocycles. The molecule has 1 aliphatic heterocycles. The Bertz CT molecular complexity index is 192. The number of aliphatic hydroxyl groups excluding tert-OH is 1. The largest absolute Gasteiger partial charge is 0.395 e. The lowest BCUT2D eigenvalue weighted by atomic mass is 9.70. The van der Waals surface area contributed by atoms with Gasteiger partial charge in [-0.3, -0.25) is 4.90 Å². The predicted octanol–water partition coefficient (Wildman–Crippen LogP) is 0.870. The summed E-state index contributed by atoms with van der Waals surface area (Å²) in [6.45, 7) is 6.25. The molecular weight excluding hydrogens is 178 g/mol. The van der Waals surface area contributed by atoms with Crippen LogP contribution in [0.5, 0.6) is 0 Å². The fourth-order valence-electron chi connectivity index (χ4n) is 2.49. The van der Waals surface area contributed by atoms with E-state index in [1.165, 1.54) is 19.3 Å². The Morgan fingerprint density at radius 1 is 1.50 bits per heavy atom. The number of rotatable bonds is 3. The van der Waals surface area contributed by atoms with Crippen LogP contribution in [0.2, 0.25) is 0 Å². The molecule has 0 aromatic rings. The molecule has 1 atom stereocenters. The average molecular weight is 199 g/mol. The third-order valence-electron chi connectivity index (χ3n) is 3.71. The van der Waals surface area contributed by atoms with E-state index in [-0.39, 0.29) is 12.6 Å². The molecule has 1 unspecified atom stereocenters. The number of ether oxygens (including phenoxy) is 1. The quantitative estimate of drug-likeness (QED) is 0.732. The molecule has 0 radical (unpaired) electrons. The first-order valence-corrected chi connectivity index (χ1v) is 5.66. The van der Waals surface area contributed by atoms with Crippen molar-refractivity contribution in [1.82, 2.24) is 4.90 Å². The van der Waals surface area contributed by atoms with E-state index < -0.39 is 0 Å². The molecule has 1 saturated heterocycles. The van der Waals surface area contributed by atoms with E-state index in [4.69, 9.17) is 4.74 Å². The van der Waals surface area contributed by atoms with Gasteiger partial charge in [-0.15, -0.1) is 0 Å². The van der Waals surface area contributed by atoms with E-state index in [1.807, 2.05) is 0 Å². The van der Waals surface area contributed by atoms with Crippen LogP contribution in [0.1, 0.15) is 26.2 Å². The van der Waals surface area contributed by atoms with Crippen molar-refractivity contribution in [3.05, 3.63) is 0 Å². The summed E-state index contributed by atoms with van der Waals surface area (Å²) in [6.07, 6.45) is 4.08. The van der Waals surface area contributed by atoms with Crippen molar-refractivity contribution in [1.29, 1.82) is 0 Å². The molecule has 0 aromatic heterocycles. The molecule has 2 fully saturated rings. The molecule has 1 aliphatic carbocycles. The molecule has 0 amide bonds. The lowest BCUT2D eigenvalue weighted by Crippen LogP contribution is -2.52. The Balaban J connectivity index is 1.87. The molecule has 14 heavy (non-hydrogen) atoms. The average Bonchev–Trinajstić information content (AvgIpc) is 2.16. The van der Waals surface area contributed by atoms with E-state index in [2.05, 4.69) is 11.8 Å². The van der Waals surface area contributed by atoms with Crippen molar-refractivity contribution in [2.45, 2.75) is 32.2 Å². The minimum atomic E-state index is 0.232. The smallest absolute Gasteiger partial charge is 0.0644 e. The van der Waals surface area contributed by atoms with Crippen molar-refractivity contribution < 1.29 is 9.84 Å². The second-order valence-electron chi connectivity index (χ2n) is 5.05. The SMILES string of the molecule is CC1(CN2CCOCC2CO)CCC1. The zero-order valence-electron chi connectivity index (χ0n) is 9.04. The summed E-state index contributed by atoms with van der Waals surface area (Å²) in [6, 6.07) is 0.237. The van der Waals surface area contributed by atoms with Gasteiger partial charge in [-0.25, -0.2) is 0 Å². The summed E-state index contributed by atoms with van der Waals surface area (Å²) in [7, 11) is 0. The zero-order valence-corrected chi connectivity index (χ0v) is 9.04. The fourth-order valence-corrected chi connectivity index (χ4v) is 2.49. The number of morpholine rings is 1. The van der Waals surface area contributed by atoms with Crippen LogP contribution >= 0.6 is 0 Å². The van der Waals surface area contributed by atoms with Crippen LogP contribution in [-0.4, -0.2) is 49.0 Å². The third-order valence-corrected chi connectivity index (χ3v) is 3.71. The standard InChI is InChI=1S/C11H21NO2/c1-11(3-2-4-11)9-12-5-6-14-8-10(12)7-13/h10,13H,2-9H2,1H3. The zero-order chi connectivity index (χ0) is 10.0. The first-order valence-electron chi connectivity index (χ1n) is 5.66. The van der Waals surface area contributed by atoms with Crippen LogP contribution in [0.15, 0.2) is 0 Å². The highest BCUT2D eigenvalue weighted by Crippen LogP contribution is 2.41. The first kappa shape index (κ1) is 10.4. The summed E-state index contributed by atoms with van der Waals surface area (Å²) in [5, 5.41) is 9.23. The highest BCUT2D eigenvalue weighted by atomic mass is 16.5. The number of nitrogens with zero attached hydrogens (tertiary/aromatic N) is 1. The monoisotopic (exact) mass is 199 g/mol. The summed E-state index contributed by atoms with van der Waals surface area (Å²) in [5.41, 5.74) is 0.519. The number of hydrogen-bond acceptors (Lipinski definition) is 3. The Hall–Kier alpha value is -0.120. The van der Waals surface area contributed by atoms with Crippen molar-refractivity contribution in [2.75, 3.05) is 32.9 Å². The van der Waals surface area contributed by atoms with Gasteiger partial charge in [0.2, 0.25) is 0 Å². The van der Waals surface area contributed by atoms with Gasteiger partial charge in [-0.1, -0.05) is 13.3 Å². The van der Waals surface area contributed by atoms with Crippen molar-refractivity contribution in [2.24, 2.45) is 5.41 Å².